The third kappa shape index (κ3) is 3.13. The van der Waals surface area contributed by atoms with Crippen LogP contribution in [0.25, 0.3) is 0 Å². The molecule has 1 heterocycles. The molecule has 1 aliphatic rings. The van der Waals surface area contributed by atoms with Crippen LogP contribution in [0.2, 0.25) is 5.02 Å². The molecule has 6 heteroatoms. The number of nitrogens with zero attached hydrogens (tertiary/aromatic N) is 1. The molecule has 2 unspecified atom stereocenters. The fourth-order valence-electron chi connectivity index (χ4n) is 2.11. The summed E-state index contributed by atoms with van der Waals surface area (Å²) in [6.07, 6.45) is 1.47. The van der Waals surface area contributed by atoms with Gasteiger partial charge in [0.25, 0.3) is 5.69 Å². The molecule has 1 saturated heterocycles. The fraction of sp³-hybridized carbons (Fsp3) is 0.500. The second-order valence-electron chi connectivity index (χ2n) is 4.69. The van der Waals surface area contributed by atoms with E-state index in [2.05, 4.69) is 29.5 Å². The van der Waals surface area contributed by atoms with E-state index in [0.717, 1.165) is 12.8 Å². The normalized spacial score (nSPS) is 28.1. The van der Waals surface area contributed by atoms with Gasteiger partial charge in [0.15, 0.2) is 0 Å². The molecule has 0 amide bonds. The van der Waals surface area contributed by atoms with Crippen LogP contribution in [0.15, 0.2) is 18.2 Å². The molecule has 0 bridgehead atoms. The first-order chi connectivity index (χ1) is 8.39. The zero-order chi connectivity index (χ0) is 13.3. The lowest BCUT2D eigenvalue weighted by atomic mass is 9.92. The lowest BCUT2D eigenvalue weighted by molar-refractivity contribution is -0.386. The van der Waals surface area contributed by atoms with Crippen molar-refractivity contribution in [2.45, 2.75) is 29.3 Å². The van der Waals surface area contributed by atoms with E-state index in [0.29, 0.717) is 17.2 Å². The Morgan fingerprint density at radius 1 is 1.61 bits per heavy atom. The van der Waals surface area contributed by atoms with Gasteiger partial charge in [-0.05, 0) is 25.0 Å². The first kappa shape index (κ1) is 14.0. The Bertz CT molecular complexity index is 478. The number of benzene rings is 1. The molecule has 0 aliphatic carbocycles. The van der Waals surface area contributed by atoms with Crippen molar-refractivity contribution in [1.82, 2.24) is 0 Å². The van der Waals surface area contributed by atoms with Crippen LogP contribution in [0.3, 0.4) is 0 Å². The third-order valence-electron chi connectivity index (χ3n) is 3.09. The van der Waals surface area contributed by atoms with Gasteiger partial charge in [0.05, 0.1) is 16.6 Å². The van der Waals surface area contributed by atoms with Crippen LogP contribution in [0.4, 0.5) is 5.69 Å². The van der Waals surface area contributed by atoms with Crippen LogP contribution in [0, 0.1) is 10.1 Å². The number of nitro benzene ring substituents is 1. The Labute approximate surface area is 124 Å². The summed E-state index contributed by atoms with van der Waals surface area (Å²) in [7, 11) is 0. The molecule has 0 N–H and O–H groups in total. The van der Waals surface area contributed by atoms with E-state index in [-0.39, 0.29) is 20.1 Å². The van der Waals surface area contributed by atoms with Crippen molar-refractivity contribution in [3.63, 3.8) is 0 Å². The minimum atomic E-state index is -0.381. The standard InChI is InChI=1S/C12H13ClINO3/c1-12(14)4-5-18-11(7-12)9-6-8(13)2-3-10(9)15(16)17/h2-3,6,11H,4-5,7H2,1H3. The summed E-state index contributed by atoms with van der Waals surface area (Å²) >= 11 is 8.32. The molecule has 1 aliphatic heterocycles. The van der Waals surface area contributed by atoms with Gasteiger partial charge in [-0.15, -0.1) is 0 Å². The van der Waals surface area contributed by atoms with Crippen LogP contribution in [-0.4, -0.2) is 15.0 Å². The Balaban J connectivity index is 2.37. The summed E-state index contributed by atoms with van der Waals surface area (Å²) < 4.78 is 5.79. The van der Waals surface area contributed by atoms with Gasteiger partial charge in [-0.3, -0.25) is 10.1 Å². The monoisotopic (exact) mass is 381 g/mol. The van der Waals surface area contributed by atoms with E-state index in [1.54, 1.807) is 6.07 Å². The van der Waals surface area contributed by atoms with E-state index >= 15 is 0 Å². The number of nitro groups is 1. The molecule has 98 valence electrons. The van der Waals surface area contributed by atoms with E-state index in [1.165, 1.54) is 12.1 Å². The van der Waals surface area contributed by atoms with E-state index in [4.69, 9.17) is 16.3 Å². The Kier molecular flexibility index (Phi) is 4.13. The third-order valence-corrected chi connectivity index (χ3v) is 4.30. The highest BCUT2D eigenvalue weighted by Gasteiger charge is 2.34. The van der Waals surface area contributed by atoms with Crippen molar-refractivity contribution in [3.8, 4) is 0 Å². The van der Waals surface area contributed by atoms with Crippen LogP contribution < -0.4 is 0 Å². The van der Waals surface area contributed by atoms with Gasteiger partial charge in [-0.2, -0.15) is 0 Å². The minimum Gasteiger partial charge on any atom is -0.373 e. The van der Waals surface area contributed by atoms with Crippen molar-refractivity contribution < 1.29 is 9.66 Å². The predicted molar refractivity (Wildman–Crippen MR) is 78.5 cm³/mol. The quantitative estimate of drug-likeness (QED) is 0.332. The maximum Gasteiger partial charge on any atom is 0.275 e. The second kappa shape index (κ2) is 5.30. The van der Waals surface area contributed by atoms with Crippen molar-refractivity contribution >= 4 is 39.9 Å². The van der Waals surface area contributed by atoms with E-state index in [1.807, 2.05) is 0 Å². The van der Waals surface area contributed by atoms with Crippen molar-refractivity contribution in [2.75, 3.05) is 6.61 Å². The zero-order valence-electron chi connectivity index (χ0n) is 9.86. The van der Waals surface area contributed by atoms with Crippen LogP contribution in [-0.2, 0) is 4.74 Å². The molecule has 1 aromatic rings. The van der Waals surface area contributed by atoms with Crippen molar-refractivity contribution in [3.05, 3.63) is 38.9 Å². The first-order valence-corrected chi connectivity index (χ1v) is 7.09. The molecule has 1 aromatic carbocycles. The smallest absolute Gasteiger partial charge is 0.275 e. The largest absolute Gasteiger partial charge is 0.373 e. The van der Waals surface area contributed by atoms with Crippen molar-refractivity contribution in [1.29, 1.82) is 0 Å². The summed E-state index contributed by atoms with van der Waals surface area (Å²) in [5, 5.41) is 11.5. The molecule has 0 radical (unpaired) electrons. The molecule has 4 nitrogen and oxygen atoms in total. The number of hydrogen-bond donors (Lipinski definition) is 0. The highest BCUT2D eigenvalue weighted by atomic mass is 127. The Morgan fingerprint density at radius 2 is 2.33 bits per heavy atom. The maximum atomic E-state index is 11.0. The first-order valence-electron chi connectivity index (χ1n) is 5.63. The molecule has 2 atom stereocenters. The molecular weight excluding hydrogens is 368 g/mol. The Morgan fingerprint density at radius 3 is 2.94 bits per heavy atom. The van der Waals surface area contributed by atoms with Crippen molar-refractivity contribution in [2.24, 2.45) is 0 Å². The fourth-order valence-corrected chi connectivity index (χ4v) is 2.91. The minimum absolute atomic E-state index is 0.0819. The van der Waals surface area contributed by atoms with Gasteiger partial charge >= 0.3 is 0 Å². The summed E-state index contributed by atoms with van der Waals surface area (Å²) in [6.45, 7) is 2.76. The summed E-state index contributed by atoms with van der Waals surface area (Å²) in [4.78, 5) is 10.7. The molecule has 0 aromatic heterocycles. The Hall–Kier alpha value is -0.400. The average molecular weight is 382 g/mol. The summed E-state index contributed by atoms with van der Waals surface area (Å²) in [5.41, 5.74) is 0.661. The maximum absolute atomic E-state index is 11.0. The molecule has 1 fully saturated rings. The zero-order valence-corrected chi connectivity index (χ0v) is 12.8. The number of hydrogen-bond acceptors (Lipinski definition) is 3. The molecule has 2 rings (SSSR count). The van der Waals surface area contributed by atoms with Gasteiger partial charge in [-0.25, -0.2) is 0 Å². The highest BCUT2D eigenvalue weighted by molar-refractivity contribution is 14.1. The summed E-state index contributed by atoms with van der Waals surface area (Å²) in [5.74, 6) is 0. The van der Waals surface area contributed by atoms with Gasteiger partial charge in [0, 0.05) is 21.1 Å². The van der Waals surface area contributed by atoms with Gasteiger partial charge in [-0.1, -0.05) is 41.1 Å². The van der Waals surface area contributed by atoms with E-state index < -0.39 is 0 Å². The van der Waals surface area contributed by atoms with Crippen LogP contribution >= 0.6 is 34.2 Å². The highest BCUT2D eigenvalue weighted by Crippen LogP contribution is 2.42. The lowest BCUT2D eigenvalue weighted by Gasteiger charge is -2.33. The van der Waals surface area contributed by atoms with Crippen LogP contribution in [0.5, 0.6) is 0 Å². The number of halogens is 2. The lowest BCUT2D eigenvalue weighted by Crippen LogP contribution is -2.29. The predicted octanol–water partition coefficient (Wildman–Crippen LogP) is 4.29. The van der Waals surface area contributed by atoms with E-state index in [9.17, 15) is 10.1 Å². The summed E-state index contributed by atoms with van der Waals surface area (Å²) in [6, 6.07) is 4.62. The topological polar surface area (TPSA) is 52.4 Å². The number of ether oxygens (including phenoxy) is 1. The molecular formula is C12H13ClINO3. The van der Waals surface area contributed by atoms with Gasteiger partial charge in [0.2, 0.25) is 0 Å². The average Bonchev–Trinajstić information content (AvgIpc) is 2.27. The van der Waals surface area contributed by atoms with Gasteiger partial charge < -0.3 is 4.74 Å². The number of rotatable bonds is 2. The molecule has 18 heavy (non-hydrogen) atoms. The molecule has 0 saturated carbocycles. The van der Waals surface area contributed by atoms with Gasteiger partial charge in [0.1, 0.15) is 0 Å². The number of alkyl halides is 1. The van der Waals surface area contributed by atoms with Crippen LogP contribution in [0.1, 0.15) is 31.4 Å². The SMILES string of the molecule is CC1(I)CCOC(c2cc(Cl)ccc2[N+](=O)[O-])C1. The molecule has 0 spiro atoms. The second-order valence-corrected chi connectivity index (χ2v) is 7.73.